The zero-order chi connectivity index (χ0) is 33.5. The second-order valence-corrected chi connectivity index (χ2v) is 14.0. The quantitative estimate of drug-likeness (QED) is 0.352. The number of nitrogens with one attached hydrogen (secondary N) is 1. The number of benzene rings is 1. The van der Waals surface area contributed by atoms with Crippen molar-refractivity contribution in [3.8, 4) is 0 Å². The van der Waals surface area contributed by atoms with E-state index in [9.17, 15) is 24.3 Å². The third-order valence-electron chi connectivity index (χ3n) is 8.45. The Kier molecular flexibility index (Phi) is 9.20. The molecule has 4 amide bonds. The second kappa shape index (κ2) is 13.2. The number of aromatic nitrogens is 1. The number of carbonyl (C=O) groups is 4. The Morgan fingerprint density at radius 2 is 1.96 bits per heavy atom. The Balaban J connectivity index is 1.18. The fourth-order valence-electron chi connectivity index (χ4n) is 6.36. The third-order valence-corrected chi connectivity index (χ3v) is 9.49. The number of hydrogen-bond acceptors (Lipinski definition) is 10. The van der Waals surface area contributed by atoms with Crippen molar-refractivity contribution in [1.82, 2.24) is 9.88 Å². The predicted octanol–water partition coefficient (Wildman–Crippen LogP) is 4.29. The molecule has 47 heavy (non-hydrogen) atoms. The molecule has 4 aliphatic rings. The summed E-state index contributed by atoms with van der Waals surface area (Å²) in [5.41, 5.74) is 0.649. The topological polar surface area (TPSA) is 145 Å². The summed E-state index contributed by atoms with van der Waals surface area (Å²) < 4.78 is 27.0. The van der Waals surface area contributed by atoms with Gasteiger partial charge < -0.3 is 29.7 Å². The number of ether oxygens (including phenoxy) is 2. The number of cyclic esters (lactones) is 1. The van der Waals surface area contributed by atoms with Crippen LogP contribution in [0.3, 0.4) is 0 Å². The molecule has 5 heterocycles. The summed E-state index contributed by atoms with van der Waals surface area (Å²) in [4.78, 5) is 63.2. The van der Waals surface area contributed by atoms with E-state index in [4.69, 9.17) is 9.47 Å². The van der Waals surface area contributed by atoms with E-state index < -0.39 is 35.8 Å². The van der Waals surface area contributed by atoms with Gasteiger partial charge in [-0.05, 0) is 70.7 Å². The number of unbranched alkanes of at least 4 members (excludes halogenated alkanes) is 1. The Morgan fingerprint density at radius 1 is 1.15 bits per heavy atom. The predicted molar refractivity (Wildman–Crippen MR) is 173 cm³/mol. The van der Waals surface area contributed by atoms with Crippen molar-refractivity contribution >= 4 is 58.8 Å². The smallest absolute Gasteiger partial charge is 0.415 e. The van der Waals surface area contributed by atoms with Gasteiger partial charge in [0.25, 0.3) is 0 Å². The monoisotopic (exact) mass is 670 g/mol. The van der Waals surface area contributed by atoms with Crippen molar-refractivity contribution in [2.45, 2.75) is 69.1 Å². The van der Waals surface area contributed by atoms with E-state index in [1.807, 2.05) is 11.0 Å². The molecule has 0 bridgehead atoms. The molecule has 4 aliphatic heterocycles. The zero-order valence-electron chi connectivity index (χ0n) is 26.7. The summed E-state index contributed by atoms with van der Waals surface area (Å²) in [5, 5.41) is 12.0. The number of hydrogen-bond donors (Lipinski definition) is 2. The average Bonchev–Trinajstić information content (AvgIpc) is 3.59. The van der Waals surface area contributed by atoms with E-state index in [1.54, 1.807) is 37.8 Å². The number of aliphatic hydroxyl groups excluding tert-OH is 1. The lowest BCUT2D eigenvalue weighted by atomic mass is 10.0. The summed E-state index contributed by atoms with van der Waals surface area (Å²) in [7, 11) is 0. The number of anilines is 4. The molecule has 15 heteroatoms. The number of amides is 4. The Hall–Kier alpha value is -4.11. The molecule has 1 fully saturated rings. The van der Waals surface area contributed by atoms with Crippen LogP contribution in [0.4, 0.5) is 37.0 Å². The lowest BCUT2D eigenvalue weighted by Crippen LogP contribution is -2.46. The zero-order valence-corrected chi connectivity index (χ0v) is 27.5. The van der Waals surface area contributed by atoms with Crippen LogP contribution in [0.25, 0.3) is 0 Å². The molecule has 0 unspecified atom stereocenters. The molecule has 1 aromatic heterocycles. The molecule has 2 atom stereocenters. The molecule has 252 valence electrons. The molecule has 0 saturated carbocycles. The minimum atomic E-state index is -0.814. The van der Waals surface area contributed by atoms with Gasteiger partial charge in [-0.15, -0.1) is 11.8 Å². The molecular formula is C32H39FN6O7S. The highest BCUT2D eigenvalue weighted by molar-refractivity contribution is 8.00. The standard InChI is InChI=1S/C32H39FN6O7S/c1-32(2,3)46-31(44)37(22-16-39-26(42)17-36(12-4-5-14-40)21-9-8-20(33)27(22)28(21)39)13-6-7-19-15-38(30(43)45-19)24-11-10-23-29(34-24)35-25(41)18-47-23/h8-11,19,22,40H,4-7,12-18H2,1-3H3,(H,34,35,41)/t19-,22+/m1/s1. The maximum absolute atomic E-state index is 15.7. The summed E-state index contributed by atoms with van der Waals surface area (Å²) in [6.45, 7) is 6.45. The fraction of sp³-hybridized carbons (Fsp3) is 0.531. The largest absolute Gasteiger partial charge is 0.444 e. The van der Waals surface area contributed by atoms with Gasteiger partial charge in [-0.2, -0.15) is 0 Å². The maximum Gasteiger partial charge on any atom is 0.415 e. The van der Waals surface area contributed by atoms with Crippen LogP contribution in [0.15, 0.2) is 29.2 Å². The van der Waals surface area contributed by atoms with E-state index in [2.05, 4.69) is 10.3 Å². The SMILES string of the molecule is CC(C)(C)OC(=O)N(CCC[C@@H]1CN(c2ccc3c(n2)NC(=O)CS3)C(=O)O1)[C@H]1CN2C(=O)CN(CCCCO)c3ccc(F)c1c32. The third kappa shape index (κ3) is 6.82. The number of aliphatic hydroxyl groups is 1. The normalized spacial score (nSPS) is 20.2. The molecule has 1 aromatic carbocycles. The van der Waals surface area contributed by atoms with Gasteiger partial charge in [-0.3, -0.25) is 19.4 Å². The number of fused-ring (bicyclic) bond motifs is 1. The Bertz CT molecular complexity index is 1590. The first-order valence-corrected chi connectivity index (χ1v) is 16.8. The first-order valence-electron chi connectivity index (χ1n) is 15.8. The maximum atomic E-state index is 15.7. The summed E-state index contributed by atoms with van der Waals surface area (Å²) in [5.74, 6) is 0.220. The number of rotatable bonds is 10. The van der Waals surface area contributed by atoms with Crippen LogP contribution < -0.4 is 20.0 Å². The highest BCUT2D eigenvalue weighted by Crippen LogP contribution is 2.48. The van der Waals surface area contributed by atoms with Crippen molar-refractivity contribution in [3.05, 3.63) is 35.6 Å². The molecule has 0 spiro atoms. The van der Waals surface area contributed by atoms with Gasteiger partial charge in [-0.25, -0.2) is 19.0 Å². The minimum Gasteiger partial charge on any atom is -0.444 e. The first kappa shape index (κ1) is 32.8. The van der Waals surface area contributed by atoms with Crippen molar-refractivity contribution in [2.75, 3.05) is 65.1 Å². The van der Waals surface area contributed by atoms with Gasteiger partial charge in [0.05, 0.1) is 47.7 Å². The molecule has 13 nitrogen and oxygen atoms in total. The van der Waals surface area contributed by atoms with E-state index in [0.717, 1.165) is 10.6 Å². The van der Waals surface area contributed by atoms with Gasteiger partial charge >= 0.3 is 12.2 Å². The van der Waals surface area contributed by atoms with Gasteiger partial charge in [0, 0.05) is 25.3 Å². The van der Waals surface area contributed by atoms with E-state index in [1.165, 1.54) is 27.6 Å². The van der Waals surface area contributed by atoms with Crippen LogP contribution in [0.1, 0.15) is 58.1 Å². The van der Waals surface area contributed by atoms with Crippen LogP contribution in [-0.2, 0) is 19.1 Å². The summed E-state index contributed by atoms with van der Waals surface area (Å²) >= 11 is 1.38. The summed E-state index contributed by atoms with van der Waals surface area (Å²) in [6, 6.07) is 5.78. The average molecular weight is 671 g/mol. The van der Waals surface area contributed by atoms with E-state index >= 15 is 4.39 Å². The molecular weight excluding hydrogens is 631 g/mol. The van der Waals surface area contributed by atoms with Crippen molar-refractivity contribution in [3.63, 3.8) is 0 Å². The Morgan fingerprint density at radius 3 is 2.72 bits per heavy atom. The number of carbonyl (C=O) groups excluding carboxylic acids is 4. The lowest BCUT2D eigenvalue weighted by Gasteiger charge is -2.35. The van der Waals surface area contributed by atoms with Crippen LogP contribution in [-0.4, -0.2) is 95.8 Å². The highest BCUT2D eigenvalue weighted by Gasteiger charge is 2.45. The molecule has 0 aliphatic carbocycles. The van der Waals surface area contributed by atoms with Gasteiger partial charge in [-0.1, -0.05) is 0 Å². The molecule has 1 saturated heterocycles. The van der Waals surface area contributed by atoms with E-state index in [-0.39, 0.29) is 50.2 Å². The minimum absolute atomic E-state index is 0.0459. The van der Waals surface area contributed by atoms with Gasteiger partial charge in [0.2, 0.25) is 11.8 Å². The van der Waals surface area contributed by atoms with Gasteiger partial charge in [0.15, 0.2) is 0 Å². The number of thioether (sulfide) groups is 1. The molecule has 2 N–H and O–H groups in total. The van der Waals surface area contributed by atoms with Crippen molar-refractivity contribution < 1.29 is 38.1 Å². The van der Waals surface area contributed by atoms with Crippen LogP contribution in [0.2, 0.25) is 0 Å². The second-order valence-electron chi connectivity index (χ2n) is 13.0. The van der Waals surface area contributed by atoms with E-state index in [0.29, 0.717) is 55.3 Å². The number of pyridine rings is 1. The lowest BCUT2D eigenvalue weighted by molar-refractivity contribution is -0.117. The first-order chi connectivity index (χ1) is 22.4. The van der Waals surface area contributed by atoms with Crippen LogP contribution in [0.5, 0.6) is 0 Å². The van der Waals surface area contributed by atoms with Crippen LogP contribution in [0, 0.1) is 5.82 Å². The molecule has 0 radical (unpaired) electrons. The van der Waals surface area contributed by atoms with Crippen LogP contribution >= 0.6 is 11.8 Å². The summed E-state index contributed by atoms with van der Waals surface area (Å²) in [6.07, 6.45) is 0.391. The molecule has 2 aromatic rings. The fourth-order valence-corrected chi connectivity index (χ4v) is 7.12. The van der Waals surface area contributed by atoms with Gasteiger partial charge in [0.1, 0.15) is 29.2 Å². The van der Waals surface area contributed by atoms with Crippen molar-refractivity contribution in [2.24, 2.45) is 0 Å². The van der Waals surface area contributed by atoms with Crippen molar-refractivity contribution in [1.29, 1.82) is 0 Å². The number of halogens is 1. The highest BCUT2D eigenvalue weighted by atomic mass is 32.2. The number of nitrogens with zero attached hydrogens (tertiary/aromatic N) is 5. The Labute approximate surface area is 276 Å². The molecule has 6 rings (SSSR count).